The van der Waals surface area contributed by atoms with Crippen LogP contribution >= 0.6 is 0 Å². The number of hydrogen-bond donors (Lipinski definition) is 1. The van der Waals surface area contributed by atoms with Crippen molar-refractivity contribution in [3.63, 3.8) is 0 Å². The molecule has 0 bridgehead atoms. The Balaban J connectivity index is 2.04. The Morgan fingerprint density at radius 2 is 2.17 bits per heavy atom. The normalized spacial score (nSPS) is 20.6. The molecule has 18 heavy (non-hydrogen) atoms. The number of hydrogen-bond acceptors (Lipinski definition) is 2. The van der Waals surface area contributed by atoms with Crippen molar-refractivity contribution < 1.29 is 0 Å². The summed E-state index contributed by atoms with van der Waals surface area (Å²) in [5.41, 5.74) is 8.76. The van der Waals surface area contributed by atoms with Gasteiger partial charge in [-0.15, -0.1) is 0 Å². The maximum atomic E-state index is 5.80. The van der Waals surface area contributed by atoms with Crippen LogP contribution in [0.1, 0.15) is 32.3 Å². The molecule has 0 amide bonds. The van der Waals surface area contributed by atoms with Gasteiger partial charge in [0.2, 0.25) is 0 Å². The molecule has 0 saturated heterocycles. The minimum atomic E-state index is 0.675. The number of benzene rings is 1. The van der Waals surface area contributed by atoms with Crippen LogP contribution in [0.25, 0.3) is 0 Å². The fourth-order valence-electron chi connectivity index (χ4n) is 2.95. The summed E-state index contributed by atoms with van der Waals surface area (Å²) < 4.78 is 0. The lowest BCUT2D eigenvalue weighted by Crippen LogP contribution is -2.36. The van der Waals surface area contributed by atoms with Gasteiger partial charge in [0, 0.05) is 18.8 Å². The van der Waals surface area contributed by atoms with Crippen LogP contribution in [0.2, 0.25) is 0 Å². The molecule has 2 heteroatoms. The fraction of sp³-hybridized carbons (Fsp3) is 0.625. The third kappa shape index (κ3) is 3.05. The van der Waals surface area contributed by atoms with E-state index in [9.17, 15) is 0 Å². The van der Waals surface area contributed by atoms with E-state index in [2.05, 4.69) is 43.0 Å². The summed E-state index contributed by atoms with van der Waals surface area (Å²) in [6, 6.07) is 8.86. The molecule has 2 unspecified atom stereocenters. The van der Waals surface area contributed by atoms with E-state index in [0.29, 0.717) is 5.92 Å². The minimum Gasteiger partial charge on any atom is -0.371 e. The van der Waals surface area contributed by atoms with Gasteiger partial charge in [-0.1, -0.05) is 38.5 Å². The first-order chi connectivity index (χ1) is 8.74. The van der Waals surface area contributed by atoms with Crippen LogP contribution in [-0.4, -0.2) is 19.6 Å². The highest BCUT2D eigenvalue weighted by atomic mass is 15.1. The molecule has 2 rings (SSSR count). The highest BCUT2D eigenvalue weighted by Crippen LogP contribution is 2.29. The lowest BCUT2D eigenvalue weighted by atomic mass is 9.93. The van der Waals surface area contributed by atoms with Crippen LogP contribution in [0.15, 0.2) is 24.3 Å². The summed E-state index contributed by atoms with van der Waals surface area (Å²) in [4.78, 5) is 2.56. The molecule has 0 aromatic heterocycles. The summed E-state index contributed by atoms with van der Waals surface area (Å²) in [6.45, 7) is 7.75. The van der Waals surface area contributed by atoms with Gasteiger partial charge in [0.15, 0.2) is 0 Å². The quantitative estimate of drug-likeness (QED) is 0.865. The first-order valence-corrected chi connectivity index (χ1v) is 7.27. The van der Waals surface area contributed by atoms with Gasteiger partial charge in [0.25, 0.3) is 0 Å². The van der Waals surface area contributed by atoms with E-state index in [-0.39, 0.29) is 0 Å². The van der Waals surface area contributed by atoms with Gasteiger partial charge >= 0.3 is 0 Å². The zero-order valence-electron chi connectivity index (χ0n) is 11.7. The highest BCUT2D eigenvalue weighted by molar-refractivity contribution is 5.55. The molecule has 0 aliphatic carbocycles. The molecular formula is C16H26N2. The minimum absolute atomic E-state index is 0.675. The summed E-state index contributed by atoms with van der Waals surface area (Å²) in [5.74, 6) is 1.44. The molecule has 1 aliphatic heterocycles. The molecule has 0 saturated carbocycles. The number of anilines is 1. The van der Waals surface area contributed by atoms with Crippen molar-refractivity contribution in [2.24, 2.45) is 17.6 Å². The molecule has 1 aromatic carbocycles. The maximum absolute atomic E-state index is 5.80. The molecule has 0 spiro atoms. The number of para-hydroxylation sites is 1. The smallest absolute Gasteiger partial charge is 0.0398 e. The molecule has 1 aromatic rings. The molecule has 1 heterocycles. The predicted molar refractivity (Wildman–Crippen MR) is 79.0 cm³/mol. The SMILES string of the molecule is CCC(CN)CCN1CC(C)Cc2ccccc21. The van der Waals surface area contributed by atoms with E-state index in [1.165, 1.54) is 37.1 Å². The van der Waals surface area contributed by atoms with Crippen LogP contribution in [0.5, 0.6) is 0 Å². The largest absolute Gasteiger partial charge is 0.371 e. The van der Waals surface area contributed by atoms with Crippen molar-refractivity contribution in [2.45, 2.75) is 33.1 Å². The van der Waals surface area contributed by atoms with E-state index in [4.69, 9.17) is 5.73 Å². The van der Waals surface area contributed by atoms with Crippen molar-refractivity contribution in [1.29, 1.82) is 0 Å². The van der Waals surface area contributed by atoms with Gasteiger partial charge in [-0.3, -0.25) is 0 Å². The van der Waals surface area contributed by atoms with Crippen molar-refractivity contribution in [1.82, 2.24) is 0 Å². The standard InChI is InChI=1S/C16H26N2/c1-3-14(11-17)8-9-18-12-13(2)10-15-6-4-5-7-16(15)18/h4-7,13-14H,3,8-12,17H2,1-2H3. The third-order valence-electron chi connectivity index (χ3n) is 4.15. The number of nitrogens with zero attached hydrogens (tertiary/aromatic N) is 1. The van der Waals surface area contributed by atoms with E-state index >= 15 is 0 Å². The molecule has 1 aliphatic rings. The Hall–Kier alpha value is -1.02. The van der Waals surface area contributed by atoms with Crippen molar-refractivity contribution in [2.75, 3.05) is 24.5 Å². The lowest BCUT2D eigenvalue weighted by Gasteiger charge is -2.35. The topological polar surface area (TPSA) is 29.3 Å². The van der Waals surface area contributed by atoms with Gasteiger partial charge in [0.05, 0.1) is 0 Å². The zero-order chi connectivity index (χ0) is 13.0. The molecule has 100 valence electrons. The lowest BCUT2D eigenvalue weighted by molar-refractivity contribution is 0.456. The Labute approximate surface area is 111 Å². The summed E-state index contributed by atoms with van der Waals surface area (Å²) in [6.07, 6.45) is 3.64. The van der Waals surface area contributed by atoms with Crippen molar-refractivity contribution >= 4 is 5.69 Å². The first-order valence-electron chi connectivity index (χ1n) is 7.27. The van der Waals surface area contributed by atoms with Crippen LogP contribution in [0.3, 0.4) is 0 Å². The Bertz CT molecular complexity index is 371. The predicted octanol–water partition coefficient (Wildman–Crippen LogP) is 3.06. The molecule has 2 nitrogen and oxygen atoms in total. The average Bonchev–Trinajstić information content (AvgIpc) is 2.39. The Morgan fingerprint density at radius 1 is 1.39 bits per heavy atom. The molecule has 2 atom stereocenters. The Kier molecular flexibility index (Phi) is 4.65. The molecule has 2 N–H and O–H groups in total. The van der Waals surface area contributed by atoms with Gasteiger partial charge in [-0.2, -0.15) is 0 Å². The van der Waals surface area contributed by atoms with E-state index < -0.39 is 0 Å². The van der Waals surface area contributed by atoms with Crippen LogP contribution in [-0.2, 0) is 6.42 Å². The average molecular weight is 246 g/mol. The second-order valence-corrected chi connectivity index (χ2v) is 5.68. The number of nitrogens with two attached hydrogens (primary N) is 1. The van der Waals surface area contributed by atoms with Crippen molar-refractivity contribution in [3.05, 3.63) is 29.8 Å². The zero-order valence-corrected chi connectivity index (χ0v) is 11.7. The van der Waals surface area contributed by atoms with Gasteiger partial charge < -0.3 is 10.6 Å². The summed E-state index contributed by atoms with van der Waals surface area (Å²) in [5, 5.41) is 0. The summed E-state index contributed by atoms with van der Waals surface area (Å²) >= 11 is 0. The monoisotopic (exact) mass is 246 g/mol. The number of rotatable bonds is 5. The highest BCUT2D eigenvalue weighted by Gasteiger charge is 2.21. The fourth-order valence-corrected chi connectivity index (χ4v) is 2.95. The number of fused-ring (bicyclic) bond motifs is 1. The van der Waals surface area contributed by atoms with Crippen LogP contribution < -0.4 is 10.6 Å². The second kappa shape index (κ2) is 6.24. The Morgan fingerprint density at radius 3 is 2.89 bits per heavy atom. The maximum Gasteiger partial charge on any atom is 0.0398 e. The van der Waals surface area contributed by atoms with Gasteiger partial charge in [-0.25, -0.2) is 0 Å². The second-order valence-electron chi connectivity index (χ2n) is 5.68. The summed E-state index contributed by atoms with van der Waals surface area (Å²) in [7, 11) is 0. The first kappa shape index (κ1) is 13.4. The van der Waals surface area contributed by atoms with Gasteiger partial charge in [0.1, 0.15) is 0 Å². The molecule has 0 fully saturated rings. The van der Waals surface area contributed by atoms with Crippen LogP contribution in [0, 0.1) is 11.8 Å². The van der Waals surface area contributed by atoms with Crippen LogP contribution in [0.4, 0.5) is 5.69 Å². The van der Waals surface area contributed by atoms with Gasteiger partial charge in [-0.05, 0) is 42.9 Å². The van der Waals surface area contributed by atoms with E-state index in [1.807, 2.05) is 0 Å². The molecule has 0 radical (unpaired) electrons. The van der Waals surface area contributed by atoms with E-state index in [0.717, 1.165) is 19.0 Å². The van der Waals surface area contributed by atoms with E-state index in [1.54, 1.807) is 0 Å². The molecular weight excluding hydrogens is 220 g/mol. The van der Waals surface area contributed by atoms with Crippen molar-refractivity contribution in [3.8, 4) is 0 Å². The third-order valence-corrected chi connectivity index (χ3v) is 4.15.